The van der Waals surface area contributed by atoms with Crippen LogP contribution in [0.5, 0.6) is 0 Å². The Balaban J connectivity index is 1.67. The summed E-state index contributed by atoms with van der Waals surface area (Å²) in [6.07, 6.45) is 0.779. The summed E-state index contributed by atoms with van der Waals surface area (Å²) < 4.78 is 7.33. The minimum Gasteiger partial charge on any atom is -0.381 e. The van der Waals surface area contributed by atoms with Crippen molar-refractivity contribution in [1.29, 1.82) is 0 Å². The second-order valence-corrected chi connectivity index (χ2v) is 8.99. The van der Waals surface area contributed by atoms with Crippen molar-refractivity contribution in [3.63, 3.8) is 0 Å². The SMILES string of the molecule is CCOCCc1ccc2c(c1)c1cc(C(C)=NOC(C)=O)ccc1n2C(=O)c1ccc2ccccc2c1. The molecule has 4 aromatic carbocycles. The summed E-state index contributed by atoms with van der Waals surface area (Å²) in [5.74, 6) is -0.567. The largest absolute Gasteiger partial charge is 0.381 e. The minimum absolute atomic E-state index is 0.0918. The van der Waals surface area contributed by atoms with Gasteiger partial charge in [0.15, 0.2) is 0 Å². The normalized spacial score (nSPS) is 11.9. The second kappa shape index (κ2) is 10.4. The molecular formula is C31H28N2O4. The van der Waals surface area contributed by atoms with Gasteiger partial charge in [0.2, 0.25) is 0 Å². The van der Waals surface area contributed by atoms with Crippen LogP contribution < -0.4 is 0 Å². The molecule has 0 bridgehead atoms. The van der Waals surface area contributed by atoms with Crippen molar-refractivity contribution in [3.05, 3.63) is 95.6 Å². The van der Waals surface area contributed by atoms with E-state index in [0.29, 0.717) is 24.5 Å². The molecule has 37 heavy (non-hydrogen) atoms. The lowest BCUT2D eigenvalue weighted by Crippen LogP contribution is -2.11. The van der Waals surface area contributed by atoms with Gasteiger partial charge in [-0.25, -0.2) is 4.79 Å². The number of nitrogens with zero attached hydrogens (tertiary/aromatic N) is 2. The zero-order valence-electron chi connectivity index (χ0n) is 21.2. The Morgan fingerprint density at radius 3 is 2.27 bits per heavy atom. The molecule has 186 valence electrons. The lowest BCUT2D eigenvalue weighted by Gasteiger charge is -2.08. The van der Waals surface area contributed by atoms with Gasteiger partial charge in [0.1, 0.15) is 0 Å². The molecular weight excluding hydrogens is 464 g/mol. The molecule has 0 atom stereocenters. The Morgan fingerprint density at radius 2 is 1.51 bits per heavy atom. The Bertz CT molecular complexity index is 1680. The van der Waals surface area contributed by atoms with Crippen LogP contribution in [0.1, 0.15) is 42.3 Å². The zero-order chi connectivity index (χ0) is 25.9. The fourth-order valence-electron chi connectivity index (χ4n) is 4.64. The van der Waals surface area contributed by atoms with Crippen LogP contribution in [0.25, 0.3) is 32.6 Å². The number of carbonyl (C=O) groups excluding carboxylic acids is 2. The van der Waals surface area contributed by atoms with Gasteiger partial charge in [0.05, 0.1) is 23.4 Å². The van der Waals surface area contributed by atoms with Gasteiger partial charge >= 0.3 is 5.97 Å². The van der Waals surface area contributed by atoms with Crippen LogP contribution in [0, 0.1) is 0 Å². The van der Waals surface area contributed by atoms with Crippen LogP contribution in [-0.2, 0) is 20.8 Å². The molecule has 0 radical (unpaired) electrons. The van der Waals surface area contributed by atoms with Gasteiger partial charge in [-0.3, -0.25) is 9.36 Å². The van der Waals surface area contributed by atoms with Gasteiger partial charge in [-0.2, -0.15) is 0 Å². The van der Waals surface area contributed by atoms with Crippen molar-refractivity contribution in [2.24, 2.45) is 5.16 Å². The summed E-state index contributed by atoms with van der Waals surface area (Å²) >= 11 is 0. The Morgan fingerprint density at radius 1 is 0.811 bits per heavy atom. The molecule has 0 aliphatic heterocycles. The van der Waals surface area contributed by atoms with E-state index in [9.17, 15) is 9.59 Å². The van der Waals surface area contributed by atoms with Gasteiger partial charge in [-0.05, 0) is 78.6 Å². The van der Waals surface area contributed by atoms with Crippen molar-refractivity contribution in [2.75, 3.05) is 13.2 Å². The molecule has 0 amide bonds. The van der Waals surface area contributed by atoms with Gasteiger partial charge in [0, 0.05) is 29.9 Å². The molecule has 5 aromatic rings. The lowest BCUT2D eigenvalue weighted by molar-refractivity contribution is -0.140. The van der Waals surface area contributed by atoms with Crippen molar-refractivity contribution in [1.82, 2.24) is 4.57 Å². The fourth-order valence-corrected chi connectivity index (χ4v) is 4.64. The average molecular weight is 493 g/mol. The van der Waals surface area contributed by atoms with Crippen LogP contribution in [0.4, 0.5) is 0 Å². The van der Waals surface area contributed by atoms with E-state index in [-0.39, 0.29) is 5.91 Å². The van der Waals surface area contributed by atoms with E-state index >= 15 is 0 Å². The Hall–Kier alpha value is -4.29. The first-order chi connectivity index (χ1) is 18.0. The Labute approximate surface area is 215 Å². The molecule has 1 heterocycles. The predicted octanol–water partition coefficient (Wildman–Crippen LogP) is 6.50. The fraction of sp³-hybridized carbons (Fsp3) is 0.194. The van der Waals surface area contributed by atoms with E-state index in [1.165, 1.54) is 6.92 Å². The van der Waals surface area contributed by atoms with E-state index in [1.807, 2.05) is 73.7 Å². The lowest BCUT2D eigenvalue weighted by atomic mass is 10.0. The molecule has 0 saturated carbocycles. The molecule has 0 unspecified atom stereocenters. The maximum absolute atomic E-state index is 13.9. The molecule has 0 aliphatic rings. The molecule has 0 fully saturated rings. The topological polar surface area (TPSA) is 69.9 Å². The molecule has 0 N–H and O–H groups in total. The number of hydrogen-bond acceptors (Lipinski definition) is 5. The summed E-state index contributed by atoms with van der Waals surface area (Å²) in [5.41, 5.74) is 4.78. The number of ether oxygens (including phenoxy) is 1. The third kappa shape index (κ3) is 4.88. The second-order valence-electron chi connectivity index (χ2n) is 8.99. The summed E-state index contributed by atoms with van der Waals surface area (Å²) in [4.78, 5) is 30.0. The molecule has 0 aliphatic carbocycles. The van der Waals surface area contributed by atoms with Gasteiger partial charge < -0.3 is 9.57 Å². The van der Waals surface area contributed by atoms with Gasteiger partial charge in [0.25, 0.3) is 5.91 Å². The molecule has 0 spiro atoms. The van der Waals surface area contributed by atoms with Crippen molar-refractivity contribution in [2.45, 2.75) is 27.2 Å². The summed E-state index contributed by atoms with van der Waals surface area (Å²) in [6, 6.07) is 25.8. The smallest absolute Gasteiger partial charge is 0.331 e. The number of carbonyl (C=O) groups is 2. The number of aromatic nitrogens is 1. The Kier molecular flexibility index (Phi) is 6.84. The van der Waals surface area contributed by atoms with Gasteiger partial charge in [-0.15, -0.1) is 0 Å². The molecule has 1 aromatic heterocycles. The van der Waals surface area contributed by atoms with E-state index in [1.54, 1.807) is 11.5 Å². The highest BCUT2D eigenvalue weighted by Gasteiger charge is 2.19. The predicted molar refractivity (Wildman–Crippen MR) is 147 cm³/mol. The first-order valence-corrected chi connectivity index (χ1v) is 12.4. The first kappa shape index (κ1) is 24.4. The van der Waals surface area contributed by atoms with E-state index < -0.39 is 5.97 Å². The monoisotopic (exact) mass is 492 g/mol. The summed E-state index contributed by atoms with van der Waals surface area (Å²) in [6.45, 7) is 6.39. The average Bonchev–Trinajstić information content (AvgIpc) is 3.24. The highest BCUT2D eigenvalue weighted by atomic mass is 16.7. The number of fused-ring (bicyclic) bond motifs is 4. The summed E-state index contributed by atoms with van der Waals surface area (Å²) in [5, 5.41) is 7.95. The molecule has 6 nitrogen and oxygen atoms in total. The van der Waals surface area contributed by atoms with E-state index in [0.717, 1.165) is 50.1 Å². The number of benzene rings is 4. The highest BCUT2D eigenvalue weighted by Crippen LogP contribution is 2.32. The molecule has 6 heteroatoms. The third-order valence-electron chi connectivity index (χ3n) is 6.50. The minimum atomic E-state index is -0.475. The maximum atomic E-state index is 13.9. The molecule has 5 rings (SSSR count). The van der Waals surface area contributed by atoms with Crippen molar-refractivity contribution >= 4 is 50.2 Å². The molecule has 0 saturated heterocycles. The van der Waals surface area contributed by atoms with Crippen molar-refractivity contribution < 1.29 is 19.2 Å². The van der Waals surface area contributed by atoms with Crippen LogP contribution in [0.2, 0.25) is 0 Å². The van der Waals surface area contributed by atoms with Crippen molar-refractivity contribution in [3.8, 4) is 0 Å². The summed E-state index contributed by atoms with van der Waals surface area (Å²) in [7, 11) is 0. The number of oxime groups is 1. The number of rotatable bonds is 7. The maximum Gasteiger partial charge on any atom is 0.331 e. The first-order valence-electron chi connectivity index (χ1n) is 12.4. The number of hydrogen-bond donors (Lipinski definition) is 0. The van der Waals surface area contributed by atoms with Crippen LogP contribution in [-0.4, -0.2) is 35.4 Å². The van der Waals surface area contributed by atoms with E-state index in [2.05, 4.69) is 17.3 Å². The van der Waals surface area contributed by atoms with Crippen LogP contribution in [0.3, 0.4) is 0 Å². The highest BCUT2D eigenvalue weighted by molar-refractivity contribution is 6.18. The van der Waals surface area contributed by atoms with Gasteiger partial charge in [-0.1, -0.05) is 47.6 Å². The quantitative estimate of drug-likeness (QED) is 0.113. The van der Waals surface area contributed by atoms with E-state index in [4.69, 9.17) is 9.57 Å². The van der Waals surface area contributed by atoms with Crippen LogP contribution >= 0.6 is 0 Å². The zero-order valence-corrected chi connectivity index (χ0v) is 21.2. The standard InChI is InChI=1S/C31H28N2O4/c1-4-36-16-15-22-9-13-29-27(17-22)28-19-24(20(2)32-37-21(3)34)12-14-30(28)33(29)31(35)26-11-10-23-7-5-6-8-25(23)18-26/h5-14,17-19H,4,15-16H2,1-3H3. The van der Waals surface area contributed by atoms with Crippen LogP contribution in [0.15, 0.2) is 84.0 Å². The third-order valence-corrected chi connectivity index (χ3v) is 6.50.